The molecule has 3 heteroatoms. The minimum atomic E-state index is -0.00905. The highest BCUT2D eigenvalue weighted by atomic mass is 16.1. The first-order valence-electron chi connectivity index (χ1n) is 8.62. The molecule has 0 aliphatic heterocycles. The molecule has 0 saturated carbocycles. The Balaban J connectivity index is 1.90. The standard InChI is InChI=1S/C22H24N2O/c1-22(2,3)13-21(25)24-14-17-9-10-18(16-7-5-4-6-8-16)19-11-12-23-15-20(17)19/h4-12,15H,13-14H2,1-3H3,(H,24,25). The molecule has 0 aliphatic carbocycles. The molecule has 0 saturated heterocycles. The number of rotatable bonds is 4. The largest absolute Gasteiger partial charge is 0.352 e. The van der Waals surface area contributed by atoms with Crippen LogP contribution in [0.5, 0.6) is 0 Å². The van der Waals surface area contributed by atoms with Crippen LogP contribution in [0.25, 0.3) is 21.9 Å². The van der Waals surface area contributed by atoms with Crippen LogP contribution in [-0.2, 0) is 11.3 Å². The highest BCUT2D eigenvalue weighted by Gasteiger charge is 2.16. The maximum atomic E-state index is 12.1. The lowest BCUT2D eigenvalue weighted by atomic mass is 9.92. The number of benzene rings is 2. The third-order valence-electron chi connectivity index (χ3n) is 4.16. The van der Waals surface area contributed by atoms with Crippen LogP contribution in [0.4, 0.5) is 0 Å². The van der Waals surface area contributed by atoms with Gasteiger partial charge in [0.1, 0.15) is 0 Å². The van der Waals surface area contributed by atoms with Gasteiger partial charge in [-0.3, -0.25) is 9.78 Å². The number of fused-ring (bicyclic) bond motifs is 1. The number of hydrogen-bond acceptors (Lipinski definition) is 2. The molecule has 1 aromatic heterocycles. The van der Waals surface area contributed by atoms with E-state index in [1.54, 1.807) is 0 Å². The van der Waals surface area contributed by atoms with Crippen molar-refractivity contribution in [2.75, 3.05) is 0 Å². The molecular weight excluding hydrogens is 308 g/mol. The van der Waals surface area contributed by atoms with Crippen molar-refractivity contribution < 1.29 is 4.79 Å². The Hall–Kier alpha value is -2.68. The van der Waals surface area contributed by atoms with E-state index >= 15 is 0 Å². The van der Waals surface area contributed by atoms with Crippen LogP contribution in [0, 0.1) is 5.41 Å². The van der Waals surface area contributed by atoms with Crippen LogP contribution in [0.2, 0.25) is 0 Å². The Morgan fingerprint density at radius 2 is 1.76 bits per heavy atom. The highest BCUT2D eigenvalue weighted by molar-refractivity contribution is 5.98. The molecule has 0 fully saturated rings. The van der Waals surface area contributed by atoms with Crippen LogP contribution in [0.1, 0.15) is 32.8 Å². The van der Waals surface area contributed by atoms with Crippen LogP contribution < -0.4 is 5.32 Å². The number of carbonyl (C=O) groups excluding carboxylic acids is 1. The molecule has 3 aromatic rings. The zero-order chi connectivity index (χ0) is 17.9. The minimum Gasteiger partial charge on any atom is -0.352 e. The van der Waals surface area contributed by atoms with Crippen molar-refractivity contribution in [3.8, 4) is 11.1 Å². The SMILES string of the molecule is CC(C)(C)CC(=O)NCc1ccc(-c2ccccc2)c2ccncc12. The van der Waals surface area contributed by atoms with Crippen molar-refractivity contribution in [2.24, 2.45) is 5.41 Å². The summed E-state index contributed by atoms with van der Waals surface area (Å²) in [5.74, 6) is 0.0803. The Kier molecular flexibility index (Phi) is 4.84. The van der Waals surface area contributed by atoms with E-state index in [4.69, 9.17) is 0 Å². The Morgan fingerprint density at radius 1 is 1.00 bits per heavy atom. The van der Waals surface area contributed by atoms with Crippen molar-refractivity contribution in [1.82, 2.24) is 10.3 Å². The number of carbonyl (C=O) groups is 1. The molecule has 1 N–H and O–H groups in total. The maximum Gasteiger partial charge on any atom is 0.220 e. The summed E-state index contributed by atoms with van der Waals surface area (Å²) in [6.07, 6.45) is 4.22. The quantitative estimate of drug-likeness (QED) is 0.734. The fourth-order valence-corrected chi connectivity index (χ4v) is 3.01. The van der Waals surface area contributed by atoms with Crippen molar-refractivity contribution in [3.05, 3.63) is 66.5 Å². The summed E-state index contributed by atoms with van der Waals surface area (Å²) in [6.45, 7) is 6.73. The number of nitrogens with zero attached hydrogens (tertiary/aromatic N) is 1. The molecule has 0 atom stereocenters. The van der Waals surface area contributed by atoms with Gasteiger partial charge in [-0.2, -0.15) is 0 Å². The lowest BCUT2D eigenvalue weighted by Crippen LogP contribution is -2.27. The van der Waals surface area contributed by atoms with E-state index in [2.05, 4.69) is 55.3 Å². The molecule has 2 aromatic carbocycles. The number of hydrogen-bond donors (Lipinski definition) is 1. The van der Waals surface area contributed by atoms with E-state index in [1.807, 2.05) is 36.7 Å². The molecule has 25 heavy (non-hydrogen) atoms. The summed E-state index contributed by atoms with van der Waals surface area (Å²) in [4.78, 5) is 16.4. The molecule has 1 amide bonds. The number of aromatic nitrogens is 1. The van der Waals surface area contributed by atoms with Crippen molar-refractivity contribution in [2.45, 2.75) is 33.7 Å². The van der Waals surface area contributed by atoms with Crippen molar-refractivity contribution in [1.29, 1.82) is 0 Å². The number of nitrogens with one attached hydrogen (secondary N) is 1. The first-order chi connectivity index (χ1) is 11.9. The third kappa shape index (κ3) is 4.24. The topological polar surface area (TPSA) is 42.0 Å². The van der Waals surface area contributed by atoms with Crippen molar-refractivity contribution in [3.63, 3.8) is 0 Å². The van der Waals surface area contributed by atoms with E-state index in [-0.39, 0.29) is 11.3 Å². The van der Waals surface area contributed by atoms with Crippen LogP contribution in [0.15, 0.2) is 60.9 Å². The number of pyridine rings is 1. The molecule has 1 heterocycles. The van der Waals surface area contributed by atoms with Crippen LogP contribution >= 0.6 is 0 Å². The van der Waals surface area contributed by atoms with Crippen molar-refractivity contribution >= 4 is 16.7 Å². The Bertz CT molecular complexity index is 879. The van der Waals surface area contributed by atoms with Gasteiger partial charge in [-0.15, -0.1) is 0 Å². The summed E-state index contributed by atoms with van der Waals surface area (Å²) in [5, 5.41) is 5.28. The zero-order valence-electron chi connectivity index (χ0n) is 15.0. The average Bonchev–Trinajstić information content (AvgIpc) is 2.59. The number of amides is 1. The van der Waals surface area contributed by atoms with Gasteiger partial charge in [0.2, 0.25) is 5.91 Å². The fraction of sp³-hybridized carbons (Fsp3) is 0.273. The van der Waals surface area contributed by atoms with E-state index in [9.17, 15) is 4.79 Å². The van der Waals surface area contributed by atoms with Gasteiger partial charge in [0, 0.05) is 30.7 Å². The molecule has 128 valence electrons. The first-order valence-corrected chi connectivity index (χ1v) is 8.62. The maximum absolute atomic E-state index is 12.1. The van der Waals surface area contributed by atoms with Gasteiger partial charge >= 0.3 is 0 Å². The van der Waals surface area contributed by atoms with E-state index < -0.39 is 0 Å². The molecular formula is C22H24N2O. The average molecular weight is 332 g/mol. The third-order valence-corrected chi connectivity index (χ3v) is 4.16. The van der Waals surface area contributed by atoms with Gasteiger partial charge in [0.15, 0.2) is 0 Å². The lowest BCUT2D eigenvalue weighted by molar-refractivity contribution is -0.122. The predicted octanol–water partition coefficient (Wildman–Crippen LogP) is 4.95. The van der Waals surface area contributed by atoms with Crippen LogP contribution in [0.3, 0.4) is 0 Å². The summed E-state index contributed by atoms with van der Waals surface area (Å²) < 4.78 is 0. The van der Waals surface area contributed by atoms with Gasteiger partial charge in [-0.1, -0.05) is 63.2 Å². The summed E-state index contributed by atoms with van der Waals surface area (Å²) in [7, 11) is 0. The second kappa shape index (κ2) is 7.06. The predicted molar refractivity (Wildman–Crippen MR) is 103 cm³/mol. The fourth-order valence-electron chi connectivity index (χ4n) is 3.01. The second-order valence-corrected chi connectivity index (χ2v) is 7.57. The lowest BCUT2D eigenvalue weighted by Gasteiger charge is -2.18. The molecule has 0 bridgehead atoms. The van der Waals surface area contributed by atoms with Gasteiger partial charge in [-0.25, -0.2) is 0 Å². The molecule has 0 unspecified atom stereocenters. The molecule has 3 rings (SSSR count). The summed E-state index contributed by atoms with van der Waals surface area (Å²) >= 11 is 0. The van der Waals surface area contributed by atoms with E-state index in [1.165, 1.54) is 11.1 Å². The molecule has 0 radical (unpaired) electrons. The highest BCUT2D eigenvalue weighted by Crippen LogP contribution is 2.30. The second-order valence-electron chi connectivity index (χ2n) is 7.57. The van der Waals surface area contributed by atoms with Gasteiger partial charge < -0.3 is 5.32 Å². The van der Waals surface area contributed by atoms with Gasteiger partial charge in [-0.05, 0) is 33.6 Å². The summed E-state index contributed by atoms with van der Waals surface area (Å²) in [5.41, 5.74) is 3.44. The zero-order valence-corrected chi connectivity index (χ0v) is 15.0. The normalized spacial score (nSPS) is 11.5. The van der Waals surface area contributed by atoms with E-state index in [0.29, 0.717) is 13.0 Å². The van der Waals surface area contributed by atoms with Crippen LogP contribution in [-0.4, -0.2) is 10.9 Å². The summed E-state index contributed by atoms with van der Waals surface area (Å²) in [6, 6.07) is 16.6. The first kappa shape index (κ1) is 17.2. The smallest absolute Gasteiger partial charge is 0.220 e. The minimum absolute atomic E-state index is 0.00905. The van der Waals surface area contributed by atoms with Gasteiger partial charge in [0.25, 0.3) is 0 Å². The monoisotopic (exact) mass is 332 g/mol. The Labute approximate surface area is 149 Å². The molecule has 0 spiro atoms. The Morgan fingerprint density at radius 3 is 2.48 bits per heavy atom. The molecule has 0 aliphatic rings. The van der Waals surface area contributed by atoms with Gasteiger partial charge in [0.05, 0.1) is 0 Å². The molecule has 3 nitrogen and oxygen atoms in total. The van der Waals surface area contributed by atoms with E-state index in [0.717, 1.165) is 16.3 Å².